The van der Waals surface area contributed by atoms with Gasteiger partial charge in [-0.15, -0.1) is 0 Å². The predicted molar refractivity (Wildman–Crippen MR) is 152 cm³/mol. The van der Waals surface area contributed by atoms with E-state index in [-0.39, 0.29) is 22.8 Å². The van der Waals surface area contributed by atoms with Crippen molar-refractivity contribution in [1.82, 2.24) is 9.69 Å². The van der Waals surface area contributed by atoms with Crippen LogP contribution in [0.1, 0.15) is 49.8 Å². The van der Waals surface area contributed by atoms with Crippen LogP contribution in [-0.4, -0.2) is 29.2 Å². The van der Waals surface area contributed by atoms with E-state index < -0.39 is 23.8 Å². The molecule has 0 aliphatic rings. The fourth-order valence-corrected chi connectivity index (χ4v) is 4.98. The summed E-state index contributed by atoms with van der Waals surface area (Å²) in [6.45, 7) is 2.23. The number of ether oxygens (including phenoxy) is 1. The van der Waals surface area contributed by atoms with E-state index in [1.807, 2.05) is 49.4 Å². The van der Waals surface area contributed by atoms with E-state index in [0.717, 1.165) is 22.7 Å². The van der Waals surface area contributed by atoms with Crippen LogP contribution in [0.15, 0.2) is 78.9 Å². The van der Waals surface area contributed by atoms with Crippen LogP contribution in [0.3, 0.4) is 0 Å². The highest BCUT2D eigenvalue weighted by Gasteiger charge is 2.36. The van der Waals surface area contributed by atoms with Crippen molar-refractivity contribution in [2.24, 2.45) is 5.73 Å². The summed E-state index contributed by atoms with van der Waals surface area (Å²) in [6, 6.07) is 22.7. The molecule has 0 aliphatic carbocycles. The molecule has 0 fully saturated rings. The third kappa shape index (κ3) is 5.91. The molecular weight excluding hydrogens is 514 g/mol. The summed E-state index contributed by atoms with van der Waals surface area (Å²) in [4.78, 5) is 41.5. The number of primary amides is 1. The maximum Gasteiger partial charge on any atom is 0.273 e. The minimum atomic E-state index is -1.08. The first-order chi connectivity index (χ1) is 18.8. The molecule has 200 valence electrons. The Bertz CT molecular complexity index is 1470. The number of hydrogen-bond acceptors (Lipinski definition) is 7. The lowest BCUT2D eigenvalue weighted by Gasteiger charge is -2.32. The summed E-state index contributed by atoms with van der Waals surface area (Å²) in [6.07, 6.45) is 0.603. The molecule has 0 saturated carbocycles. The summed E-state index contributed by atoms with van der Waals surface area (Å²) in [7, 11) is 1.55. The fourth-order valence-electron chi connectivity index (χ4n) is 4.23. The molecule has 1 heterocycles. The van der Waals surface area contributed by atoms with Crippen LogP contribution in [-0.2, 0) is 17.8 Å². The van der Waals surface area contributed by atoms with E-state index >= 15 is 0 Å². The second-order valence-corrected chi connectivity index (χ2v) is 9.45. The number of methoxy groups -OCH3 is 1. The highest BCUT2D eigenvalue weighted by Crippen LogP contribution is 2.35. The minimum absolute atomic E-state index is 0.0177. The SMILES string of the molecule is CCc1ccccc1N(C(=O)c1snc(C(N)=O)c1N)[C@H](C(=O)NCc1ccccc1)c1ccc(OC)cc1. The molecule has 1 aromatic heterocycles. The van der Waals surface area contributed by atoms with E-state index in [4.69, 9.17) is 16.2 Å². The van der Waals surface area contributed by atoms with Crippen molar-refractivity contribution in [3.63, 3.8) is 0 Å². The number of benzene rings is 3. The number of nitrogen functional groups attached to an aromatic ring is 1. The Morgan fingerprint density at radius 1 is 1.00 bits per heavy atom. The molecule has 3 aromatic carbocycles. The highest BCUT2D eigenvalue weighted by atomic mass is 32.1. The van der Waals surface area contributed by atoms with Gasteiger partial charge in [0.2, 0.25) is 5.91 Å². The van der Waals surface area contributed by atoms with Crippen LogP contribution in [0, 0.1) is 0 Å². The van der Waals surface area contributed by atoms with Crippen molar-refractivity contribution in [2.45, 2.75) is 25.9 Å². The Kier molecular flexibility index (Phi) is 8.57. The van der Waals surface area contributed by atoms with Gasteiger partial charge in [-0.2, -0.15) is 4.37 Å². The topological polar surface area (TPSA) is 141 Å². The van der Waals surface area contributed by atoms with Crippen LogP contribution in [0.4, 0.5) is 11.4 Å². The molecule has 4 aromatic rings. The zero-order chi connectivity index (χ0) is 27.9. The van der Waals surface area contributed by atoms with Gasteiger partial charge in [0.05, 0.1) is 12.8 Å². The summed E-state index contributed by atoms with van der Waals surface area (Å²) >= 11 is 0.771. The molecule has 0 radical (unpaired) electrons. The fraction of sp³-hybridized carbons (Fsp3) is 0.172. The molecule has 10 heteroatoms. The number of nitrogens with two attached hydrogens (primary N) is 2. The van der Waals surface area contributed by atoms with E-state index in [9.17, 15) is 14.4 Å². The number of carbonyl (C=O) groups is 3. The van der Waals surface area contributed by atoms with Crippen molar-refractivity contribution >= 4 is 40.6 Å². The smallest absolute Gasteiger partial charge is 0.273 e. The van der Waals surface area contributed by atoms with Crippen LogP contribution < -0.4 is 26.4 Å². The van der Waals surface area contributed by atoms with Gasteiger partial charge >= 0.3 is 0 Å². The number of para-hydroxylation sites is 1. The van der Waals surface area contributed by atoms with Crippen molar-refractivity contribution in [3.05, 3.63) is 106 Å². The molecule has 9 nitrogen and oxygen atoms in total. The molecule has 39 heavy (non-hydrogen) atoms. The van der Waals surface area contributed by atoms with E-state index in [1.165, 1.54) is 4.90 Å². The van der Waals surface area contributed by atoms with Crippen molar-refractivity contribution in [3.8, 4) is 5.75 Å². The third-order valence-electron chi connectivity index (χ3n) is 6.25. The monoisotopic (exact) mass is 543 g/mol. The molecule has 1 atom stereocenters. The number of nitrogens with zero attached hydrogens (tertiary/aromatic N) is 2. The van der Waals surface area contributed by atoms with E-state index in [2.05, 4.69) is 9.69 Å². The average molecular weight is 544 g/mol. The quantitative estimate of drug-likeness (QED) is 0.275. The Morgan fingerprint density at radius 3 is 2.28 bits per heavy atom. The van der Waals surface area contributed by atoms with Gasteiger partial charge in [-0.3, -0.25) is 19.3 Å². The highest BCUT2D eigenvalue weighted by molar-refractivity contribution is 7.09. The molecular formula is C29H29N5O4S. The van der Waals surface area contributed by atoms with Gasteiger partial charge in [0.1, 0.15) is 16.7 Å². The molecule has 0 aliphatic heterocycles. The van der Waals surface area contributed by atoms with Gasteiger partial charge in [0.25, 0.3) is 11.8 Å². The van der Waals surface area contributed by atoms with Crippen molar-refractivity contribution < 1.29 is 19.1 Å². The lowest BCUT2D eigenvalue weighted by molar-refractivity contribution is -0.122. The van der Waals surface area contributed by atoms with E-state index in [0.29, 0.717) is 23.4 Å². The molecule has 3 amide bonds. The molecule has 0 unspecified atom stereocenters. The van der Waals surface area contributed by atoms with Gasteiger partial charge in [-0.25, -0.2) is 0 Å². The van der Waals surface area contributed by atoms with Gasteiger partial charge in [0, 0.05) is 12.2 Å². The first kappa shape index (κ1) is 27.3. The molecule has 0 spiro atoms. The first-order valence-electron chi connectivity index (χ1n) is 12.3. The number of hydrogen-bond donors (Lipinski definition) is 3. The molecule has 0 bridgehead atoms. The number of anilines is 2. The second kappa shape index (κ2) is 12.2. The van der Waals surface area contributed by atoms with Crippen LogP contribution in [0.2, 0.25) is 0 Å². The Hall–Kier alpha value is -4.70. The summed E-state index contributed by atoms with van der Waals surface area (Å²) in [5.41, 5.74) is 14.1. The predicted octanol–water partition coefficient (Wildman–Crippen LogP) is 4.10. The van der Waals surface area contributed by atoms with Gasteiger partial charge < -0.3 is 21.5 Å². The molecule has 5 N–H and O–H groups in total. The van der Waals surface area contributed by atoms with Crippen molar-refractivity contribution in [1.29, 1.82) is 0 Å². The maximum atomic E-state index is 14.2. The summed E-state index contributed by atoms with van der Waals surface area (Å²) < 4.78 is 9.31. The van der Waals surface area contributed by atoms with Gasteiger partial charge in [0.15, 0.2) is 5.69 Å². The molecule has 0 saturated heterocycles. The minimum Gasteiger partial charge on any atom is -0.497 e. The van der Waals surface area contributed by atoms with Crippen LogP contribution in [0.25, 0.3) is 0 Å². The number of aromatic nitrogens is 1. The second-order valence-electron chi connectivity index (χ2n) is 8.67. The Labute approximate surface area is 230 Å². The zero-order valence-corrected chi connectivity index (χ0v) is 22.4. The molecule has 4 rings (SSSR count). The van der Waals surface area contributed by atoms with Gasteiger partial charge in [-0.1, -0.05) is 67.6 Å². The maximum absolute atomic E-state index is 14.2. The number of rotatable bonds is 10. The number of nitrogens with one attached hydrogen (secondary N) is 1. The summed E-state index contributed by atoms with van der Waals surface area (Å²) in [5.74, 6) is -1.21. The summed E-state index contributed by atoms with van der Waals surface area (Å²) in [5, 5.41) is 2.98. The number of amides is 3. The third-order valence-corrected chi connectivity index (χ3v) is 7.11. The average Bonchev–Trinajstić information content (AvgIpc) is 3.36. The van der Waals surface area contributed by atoms with E-state index in [1.54, 1.807) is 43.5 Å². The van der Waals surface area contributed by atoms with Crippen LogP contribution in [0.5, 0.6) is 5.75 Å². The normalized spacial score (nSPS) is 11.4. The van der Waals surface area contributed by atoms with Crippen molar-refractivity contribution in [2.75, 3.05) is 17.7 Å². The lowest BCUT2D eigenvalue weighted by Crippen LogP contribution is -2.44. The zero-order valence-electron chi connectivity index (χ0n) is 21.6. The first-order valence-corrected chi connectivity index (χ1v) is 13.0. The lowest BCUT2D eigenvalue weighted by atomic mass is 10.00. The standard InChI is InChI=1S/C29H29N5O4S/c1-3-19-11-7-8-12-22(19)34(29(37)26-23(30)24(27(31)35)33-39-26)25(20-13-15-21(38-2)16-14-20)28(36)32-17-18-9-5-4-6-10-18/h4-16,25H,3,17,30H2,1-2H3,(H2,31,35)(H,32,36)/t25-/m0/s1. The van der Waals surface area contributed by atoms with Gasteiger partial charge in [-0.05, 0) is 52.8 Å². The Morgan fingerprint density at radius 2 is 1.67 bits per heavy atom. The van der Waals surface area contributed by atoms with Crippen LogP contribution >= 0.6 is 11.5 Å². The number of carbonyl (C=O) groups excluding carboxylic acids is 3. The Balaban J connectivity index is 1.86. The number of aryl methyl sites for hydroxylation is 1. The largest absolute Gasteiger partial charge is 0.497 e.